The minimum absolute atomic E-state index is 0.0108. The zero-order valence-electron chi connectivity index (χ0n) is 12.1. The van der Waals surface area contributed by atoms with Crippen LogP contribution in [0.5, 0.6) is 0 Å². The molecule has 4 heteroatoms. The topological polar surface area (TPSA) is 50.4 Å². The monoisotopic (exact) mass is 274 g/mol. The quantitative estimate of drug-likeness (QED) is 0.885. The average molecular weight is 274 g/mol. The number of hydrogen-bond acceptors (Lipinski definition) is 3. The number of anilines is 1. The molecule has 0 saturated carbocycles. The molecule has 0 aromatic heterocycles. The maximum Gasteiger partial charge on any atom is 0.241 e. The number of nitrogens with one attached hydrogen (secondary N) is 2. The van der Waals surface area contributed by atoms with Gasteiger partial charge in [0, 0.05) is 11.7 Å². The molecule has 0 radical (unpaired) electrons. The first-order valence-corrected chi connectivity index (χ1v) is 7.41. The highest BCUT2D eigenvalue weighted by molar-refractivity contribution is 5.94. The van der Waals surface area contributed by atoms with Gasteiger partial charge in [0.25, 0.3) is 0 Å². The Bertz CT molecular complexity index is 486. The third-order valence-corrected chi connectivity index (χ3v) is 4.28. The van der Waals surface area contributed by atoms with Crippen LogP contribution in [0.1, 0.15) is 31.7 Å². The van der Waals surface area contributed by atoms with Crippen molar-refractivity contribution in [1.29, 1.82) is 0 Å². The lowest BCUT2D eigenvalue weighted by molar-refractivity contribution is -0.118. The summed E-state index contributed by atoms with van der Waals surface area (Å²) in [6.45, 7) is 3.94. The lowest BCUT2D eigenvalue weighted by Crippen LogP contribution is -2.47. The van der Waals surface area contributed by atoms with Crippen molar-refractivity contribution in [2.75, 3.05) is 5.32 Å². The number of amides is 1. The fraction of sp³-hybridized carbons (Fsp3) is 0.562. The van der Waals surface area contributed by atoms with Crippen LogP contribution in [0.2, 0.25) is 0 Å². The molecule has 2 heterocycles. The van der Waals surface area contributed by atoms with Crippen molar-refractivity contribution < 1.29 is 9.53 Å². The second kappa shape index (κ2) is 5.54. The molecule has 2 saturated heterocycles. The van der Waals surface area contributed by atoms with E-state index in [9.17, 15) is 4.79 Å². The summed E-state index contributed by atoms with van der Waals surface area (Å²) in [5, 5.41) is 6.35. The van der Waals surface area contributed by atoms with Crippen molar-refractivity contribution in [1.82, 2.24) is 5.32 Å². The predicted octanol–water partition coefficient (Wildman–Crippen LogP) is 2.23. The molecule has 108 valence electrons. The molecule has 2 aliphatic heterocycles. The Morgan fingerprint density at radius 2 is 2.05 bits per heavy atom. The van der Waals surface area contributed by atoms with Gasteiger partial charge < -0.3 is 15.4 Å². The maximum absolute atomic E-state index is 12.2. The van der Waals surface area contributed by atoms with Crippen LogP contribution in [0.4, 0.5) is 5.69 Å². The van der Waals surface area contributed by atoms with E-state index in [0.717, 1.165) is 18.5 Å². The van der Waals surface area contributed by atoms with Crippen LogP contribution in [0, 0.1) is 6.92 Å². The Kier molecular flexibility index (Phi) is 3.76. The summed E-state index contributed by atoms with van der Waals surface area (Å²) in [7, 11) is 0. The van der Waals surface area contributed by atoms with Gasteiger partial charge in [0.2, 0.25) is 5.91 Å². The van der Waals surface area contributed by atoms with Gasteiger partial charge in [0.1, 0.15) is 0 Å². The molecule has 1 aromatic carbocycles. The lowest BCUT2D eigenvalue weighted by Gasteiger charge is -2.24. The van der Waals surface area contributed by atoms with Gasteiger partial charge in [-0.05, 0) is 45.2 Å². The van der Waals surface area contributed by atoms with Gasteiger partial charge in [-0.2, -0.15) is 0 Å². The van der Waals surface area contributed by atoms with Crippen molar-refractivity contribution in [2.45, 2.75) is 57.4 Å². The molecule has 2 fully saturated rings. The van der Waals surface area contributed by atoms with E-state index >= 15 is 0 Å². The molecule has 4 unspecified atom stereocenters. The molecule has 1 aromatic rings. The number of benzene rings is 1. The summed E-state index contributed by atoms with van der Waals surface area (Å²) >= 11 is 0. The van der Waals surface area contributed by atoms with E-state index in [4.69, 9.17) is 4.74 Å². The molecule has 2 N–H and O–H groups in total. The van der Waals surface area contributed by atoms with Crippen LogP contribution in [0.3, 0.4) is 0 Å². The molecule has 4 nitrogen and oxygen atoms in total. The van der Waals surface area contributed by atoms with Gasteiger partial charge >= 0.3 is 0 Å². The number of hydrogen-bond donors (Lipinski definition) is 2. The van der Waals surface area contributed by atoms with E-state index in [0.29, 0.717) is 18.2 Å². The first-order chi connectivity index (χ1) is 9.61. The lowest BCUT2D eigenvalue weighted by atomic mass is 9.95. The van der Waals surface area contributed by atoms with Crippen LogP contribution in [0.15, 0.2) is 24.3 Å². The largest absolute Gasteiger partial charge is 0.373 e. The Morgan fingerprint density at radius 1 is 1.30 bits per heavy atom. The highest BCUT2D eigenvalue weighted by Gasteiger charge is 2.41. The van der Waals surface area contributed by atoms with Crippen LogP contribution in [0.25, 0.3) is 0 Å². The molecular formula is C16H22N2O2. The predicted molar refractivity (Wildman–Crippen MR) is 78.7 cm³/mol. The Hall–Kier alpha value is -1.39. The van der Waals surface area contributed by atoms with E-state index in [1.54, 1.807) is 0 Å². The number of carbonyl (C=O) groups excluding carboxylic acids is 1. The molecule has 4 atom stereocenters. The summed E-state index contributed by atoms with van der Waals surface area (Å²) in [5.41, 5.74) is 2.03. The number of carbonyl (C=O) groups is 1. The van der Waals surface area contributed by atoms with Crippen LogP contribution >= 0.6 is 0 Å². The molecule has 3 rings (SSSR count). The Morgan fingerprint density at radius 3 is 2.65 bits per heavy atom. The van der Waals surface area contributed by atoms with Gasteiger partial charge in [-0.3, -0.25) is 4.79 Å². The van der Waals surface area contributed by atoms with Gasteiger partial charge in [-0.15, -0.1) is 0 Å². The minimum atomic E-state index is -0.204. The van der Waals surface area contributed by atoms with Crippen LogP contribution in [-0.2, 0) is 9.53 Å². The first-order valence-electron chi connectivity index (χ1n) is 7.41. The standard InChI is InChI=1S/C16H22N2O2/c1-10-3-5-12(6-4-10)18-16(19)11(2)17-14-9-13-7-8-15(14)20-13/h3-6,11,13-15,17H,7-9H2,1-2H3,(H,18,19). The summed E-state index contributed by atoms with van der Waals surface area (Å²) in [4.78, 5) is 12.2. The summed E-state index contributed by atoms with van der Waals surface area (Å²) in [5.74, 6) is 0.0108. The number of aryl methyl sites for hydroxylation is 1. The maximum atomic E-state index is 12.2. The molecule has 0 aliphatic carbocycles. The third-order valence-electron chi connectivity index (χ3n) is 4.28. The van der Waals surface area contributed by atoms with Gasteiger partial charge in [0.05, 0.1) is 18.2 Å². The minimum Gasteiger partial charge on any atom is -0.373 e. The molecule has 2 aliphatic rings. The second-order valence-electron chi connectivity index (χ2n) is 5.96. The highest BCUT2D eigenvalue weighted by atomic mass is 16.5. The van der Waals surface area contributed by atoms with Gasteiger partial charge in [0.15, 0.2) is 0 Å². The smallest absolute Gasteiger partial charge is 0.241 e. The van der Waals surface area contributed by atoms with E-state index in [2.05, 4.69) is 10.6 Å². The molecule has 2 bridgehead atoms. The number of fused-ring (bicyclic) bond motifs is 2. The summed E-state index contributed by atoms with van der Waals surface area (Å²) in [6.07, 6.45) is 4.04. The number of ether oxygens (including phenoxy) is 1. The van der Waals surface area contributed by atoms with Crippen molar-refractivity contribution in [3.8, 4) is 0 Å². The van der Waals surface area contributed by atoms with E-state index < -0.39 is 0 Å². The number of rotatable bonds is 4. The summed E-state index contributed by atoms with van der Waals surface area (Å²) in [6, 6.07) is 7.98. The average Bonchev–Trinajstić information content (AvgIpc) is 3.03. The molecule has 0 spiro atoms. The zero-order chi connectivity index (χ0) is 14.1. The van der Waals surface area contributed by atoms with E-state index in [-0.39, 0.29) is 11.9 Å². The van der Waals surface area contributed by atoms with E-state index in [1.165, 1.54) is 12.0 Å². The molecular weight excluding hydrogens is 252 g/mol. The van der Waals surface area contributed by atoms with Crippen molar-refractivity contribution >= 4 is 11.6 Å². The van der Waals surface area contributed by atoms with E-state index in [1.807, 2.05) is 38.1 Å². The molecule has 1 amide bonds. The van der Waals surface area contributed by atoms with Crippen LogP contribution in [-0.4, -0.2) is 30.2 Å². The first kappa shape index (κ1) is 13.6. The highest BCUT2D eigenvalue weighted by Crippen LogP contribution is 2.34. The normalized spacial score (nSPS) is 29.4. The van der Waals surface area contributed by atoms with Crippen molar-refractivity contribution in [3.63, 3.8) is 0 Å². The summed E-state index contributed by atoms with van der Waals surface area (Å²) < 4.78 is 5.80. The molecule has 20 heavy (non-hydrogen) atoms. The second-order valence-corrected chi connectivity index (χ2v) is 5.96. The van der Waals surface area contributed by atoms with Gasteiger partial charge in [-0.25, -0.2) is 0 Å². The third kappa shape index (κ3) is 2.86. The fourth-order valence-corrected chi connectivity index (χ4v) is 3.10. The van der Waals surface area contributed by atoms with Gasteiger partial charge in [-0.1, -0.05) is 17.7 Å². The Labute approximate surface area is 119 Å². The Balaban J connectivity index is 1.53. The zero-order valence-corrected chi connectivity index (χ0v) is 12.1. The van der Waals surface area contributed by atoms with Crippen LogP contribution < -0.4 is 10.6 Å². The SMILES string of the molecule is Cc1ccc(NC(=O)C(C)NC2CC3CCC2O3)cc1. The fourth-order valence-electron chi connectivity index (χ4n) is 3.10. The van der Waals surface area contributed by atoms with Crippen molar-refractivity contribution in [3.05, 3.63) is 29.8 Å². The van der Waals surface area contributed by atoms with Crippen molar-refractivity contribution in [2.24, 2.45) is 0 Å².